The monoisotopic (exact) mass is 262 g/mol. The zero-order valence-corrected chi connectivity index (χ0v) is 9.18. The molecule has 0 saturated carbocycles. The van der Waals surface area contributed by atoms with Crippen LogP contribution in [0.2, 0.25) is 0 Å². The number of hydrogen-bond donors (Lipinski definition) is 0. The summed E-state index contributed by atoms with van der Waals surface area (Å²) in [6, 6.07) is 10.0. The van der Waals surface area contributed by atoms with Gasteiger partial charge in [-0.25, -0.2) is 12.1 Å². The van der Waals surface area contributed by atoms with Crippen molar-refractivity contribution in [3.63, 3.8) is 0 Å². The zero-order chi connectivity index (χ0) is 7.11. The van der Waals surface area contributed by atoms with E-state index in [0.717, 1.165) is 0 Å². The van der Waals surface area contributed by atoms with Gasteiger partial charge < -0.3 is 0 Å². The Morgan fingerprint density at radius 2 is 1.56 bits per heavy atom. The Hall–Kier alpha value is 1.12. The molecule has 50 valence electrons. The summed E-state index contributed by atoms with van der Waals surface area (Å²) in [5, 5.41) is 0. The molecule has 0 saturated heterocycles. The van der Waals surface area contributed by atoms with Crippen LogP contribution >= 0.6 is 31.8 Å². The van der Waals surface area contributed by atoms with Gasteiger partial charge in [-0.15, -0.1) is 0 Å². The van der Waals surface area contributed by atoms with Crippen molar-refractivity contribution in [3.8, 4) is 0 Å². The van der Waals surface area contributed by atoms with Crippen molar-refractivity contribution in [3.05, 3.63) is 30.3 Å². The second kappa shape index (κ2) is 7.23. The summed E-state index contributed by atoms with van der Waals surface area (Å²) in [6.45, 7) is 0. The van der Waals surface area contributed by atoms with Crippen molar-refractivity contribution in [2.24, 2.45) is 0 Å². The molecule has 0 N–H and O–H groups in total. The number of rotatable bonds is 0. The SMILES string of the molecule is [Cl][Ti+]([Cl])[Br].c1cc[cH-]c1. The van der Waals surface area contributed by atoms with Gasteiger partial charge >= 0.3 is 45.4 Å². The van der Waals surface area contributed by atoms with Crippen LogP contribution in [0.5, 0.6) is 0 Å². The van der Waals surface area contributed by atoms with E-state index in [1.165, 1.54) is 0 Å². The van der Waals surface area contributed by atoms with Gasteiger partial charge in [0.25, 0.3) is 0 Å². The minimum atomic E-state index is -1.58. The molecule has 1 rings (SSSR count). The molecule has 0 bridgehead atoms. The Balaban J connectivity index is 0.000000148. The van der Waals surface area contributed by atoms with Gasteiger partial charge in [-0.1, -0.05) is 0 Å². The topological polar surface area (TPSA) is 0 Å². The molecule has 0 spiro atoms. The second-order valence-electron chi connectivity index (χ2n) is 1.18. The standard InChI is InChI=1S/C5H5.BrH.2ClH.Ti/c1-2-4-5-3-1;;;;/h1-5H;3*1H;/q-1;;;;+4/p-3. The van der Waals surface area contributed by atoms with E-state index in [1.807, 2.05) is 30.3 Å². The predicted molar refractivity (Wildman–Crippen MR) is 42.7 cm³/mol. The first kappa shape index (κ1) is 10.1. The normalized spacial score (nSPS) is 7.44. The maximum absolute atomic E-state index is 5.12. The van der Waals surface area contributed by atoms with E-state index in [0.29, 0.717) is 0 Å². The minimum Gasteiger partial charge on any atom is -0.214 e. The molecule has 0 unspecified atom stereocenters. The van der Waals surface area contributed by atoms with Crippen LogP contribution in [0.25, 0.3) is 0 Å². The first-order valence-electron chi connectivity index (χ1n) is 2.23. The van der Waals surface area contributed by atoms with Gasteiger partial charge in [0.2, 0.25) is 0 Å². The zero-order valence-electron chi connectivity index (χ0n) is 4.52. The molecule has 0 aliphatic carbocycles. The number of hydrogen-bond acceptors (Lipinski definition) is 0. The number of halogens is 3. The Bertz CT molecular complexity index is 98.5. The molecule has 0 aromatic heterocycles. The largest absolute Gasteiger partial charge is 0.214 e. The van der Waals surface area contributed by atoms with E-state index >= 15 is 0 Å². The van der Waals surface area contributed by atoms with Gasteiger partial charge in [-0.3, -0.25) is 0 Å². The summed E-state index contributed by atoms with van der Waals surface area (Å²) >= 11 is 1.39. The van der Waals surface area contributed by atoms with Crippen molar-refractivity contribution in [1.29, 1.82) is 0 Å². The summed E-state index contributed by atoms with van der Waals surface area (Å²) in [6.07, 6.45) is 0. The molecule has 1 aromatic carbocycles. The Kier molecular flexibility index (Phi) is 8.14. The third-order valence-corrected chi connectivity index (χ3v) is 0.556. The molecule has 0 aliphatic heterocycles. The maximum atomic E-state index is 5.12. The smallest absolute Gasteiger partial charge is 0.172 e. The van der Waals surface area contributed by atoms with E-state index in [1.54, 1.807) is 0 Å². The molecule has 0 fully saturated rings. The van der Waals surface area contributed by atoms with Gasteiger partial charge in [0.15, 0.2) is 0 Å². The van der Waals surface area contributed by atoms with Gasteiger partial charge in [0.05, 0.1) is 0 Å². The molecule has 9 heavy (non-hydrogen) atoms. The summed E-state index contributed by atoms with van der Waals surface area (Å²) in [5.74, 6) is 0. The van der Waals surface area contributed by atoms with Gasteiger partial charge in [-0.05, 0) is 0 Å². The molecule has 0 nitrogen and oxygen atoms in total. The molecular formula is C5H5BrCl2Ti. The quantitative estimate of drug-likeness (QED) is 0.495. The molecule has 0 aliphatic rings. The van der Waals surface area contributed by atoms with Gasteiger partial charge in [0, 0.05) is 0 Å². The third-order valence-electron chi connectivity index (χ3n) is 0.556. The van der Waals surface area contributed by atoms with E-state index in [2.05, 4.69) is 13.2 Å². The minimum absolute atomic E-state index is 1.58. The fourth-order valence-corrected chi connectivity index (χ4v) is 0.321. The van der Waals surface area contributed by atoms with Crippen molar-refractivity contribution in [2.75, 3.05) is 0 Å². The van der Waals surface area contributed by atoms with E-state index in [-0.39, 0.29) is 0 Å². The van der Waals surface area contributed by atoms with Gasteiger partial charge in [-0.2, -0.15) is 18.2 Å². The van der Waals surface area contributed by atoms with Crippen LogP contribution in [0, 0.1) is 0 Å². The van der Waals surface area contributed by atoms with E-state index in [9.17, 15) is 0 Å². The molecular weight excluding hydrogens is 259 g/mol. The summed E-state index contributed by atoms with van der Waals surface area (Å²) in [4.78, 5) is 0. The Morgan fingerprint density at radius 1 is 1.22 bits per heavy atom. The molecule has 4 heteroatoms. The van der Waals surface area contributed by atoms with Crippen molar-refractivity contribution < 1.29 is 13.7 Å². The molecule has 1 aromatic rings. The fraction of sp³-hybridized carbons (Fsp3) is 0. The van der Waals surface area contributed by atoms with Crippen LogP contribution in [0.15, 0.2) is 30.3 Å². The first-order chi connectivity index (χ1) is 4.23. The van der Waals surface area contributed by atoms with Gasteiger partial charge in [0.1, 0.15) is 0 Å². The molecule has 0 radical (unpaired) electrons. The molecule has 0 amide bonds. The average molecular weight is 264 g/mol. The molecule has 0 atom stereocenters. The van der Waals surface area contributed by atoms with Crippen LogP contribution in [0.4, 0.5) is 0 Å². The molecule has 0 heterocycles. The predicted octanol–water partition coefficient (Wildman–Crippen LogP) is 3.63. The van der Waals surface area contributed by atoms with Crippen LogP contribution in [-0.4, -0.2) is 0 Å². The van der Waals surface area contributed by atoms with Crippen molar-refractivity contribution >= 4 is 31.8 Å². The van der Waals surface area contributed by atoms with Crippen molar-refractivity contribution in [1.82, 2.24) is 0 Å². The first-order valence-corrected chi connectivity index (χ1v) is 10.4. The van der Waals surface area contributed by atoms with Crippen LogP contribution in [0.1, 0.15) is 0 Å². The summed E-state index contributed by atoms with van der Waals surface area (Å²) in [5.41, 5.74) is 0. The van der Waals surface area contributed by atoms with Crippen LogP contribution in [0.3, 0.4) is 0 Å². The fourth-order valence-electron chi connectivity index (χ4n) is 0.321. The summed E-state index contributed by atoms with van der Waals surface area (Å²) in [7, 11) is 10.2. The average Bonchev–Trinajstić information content (AvgIpc) is 2.11. The van der Waals surface area contributed by atoms with Crippen LogP contribution in [-0.2, 0) is 13.7 Å². The van der Waals surface area contributed by atoms with E-state index in [4.69, 9.17) is 18.6 Å². The Morgan fingerprint density at radius 3 is 1.67 bits per heavy atom. The van der Waals surface area contributed by atoms with Crippen molar-refractivity contribution in [2.45, 2.75) is 0 Å². The van der Waals surface area contributed by atoms with Crippen LogP contribution < -0.4 is 0 Å². The third kappa shape index (κ3) is 12.3. The second-order valence-corrected chi connectivity index (χ2v) is 12.8. The Labute approximate surface area is 75.2 Å². The maximum Gasteiger partial charge on any atom is -0.172 e. The van der Waals surface area contributed by atoms with E-state index < -0.39 is 13.7 Å². The summed E-state index contributed by atoms with van der Waals surface area (Å²) < 4.78 is 0.